The van der Waals surface area contributed by atoms with Gasteiger partial charge in [0.1, 0.15) is 11.6 Å². The second kappa shape index (κ2) is 5.60. The Morgan fingerprint density at radius 3 is 2.79 bits per heavy atom. The highest BCUT2D eigenvalue weighted by Gasteiger charge is 2.12. The van der Waals surface area contributed by atoms with Gasteiger partial charge in [0.2, 0.25) is 0 Å². The van der Waals surface area contributed by atoms with E-state index in [-0.39, 0.29) is 17.1 Å². The standard InChI is InChI=1S/C13H12F2N2O2/c1-2-8-7-11(18)17-12(16-8)9-5-3-4-6-10(9)19-13(14)15/h3-7,13H,2H2,1H3,(H,16,17,18). The molecule has 0 aliphatic rings. The van der Waals surface area contributed by atoms with E-state index in [1.807, 2.05) is 6.92 Å². The topological polar surface area (TPSA) is 55.0 Å². The summed E-state index contributed by atoms with van der Waals surface area (Å²) in [5, 5.41) is 0. The Kier molecular flexibility index (Phi) is 3.89. The number of para-hydroxylation sites is 1. The number of benzene rings is 1. The van der Waals surface area contributed by atoms with Gasteiger partial charge >= 0.3 is 6.61 Å². The number of nitrogens with one attached hydrogen (secondary N) is 1. The molecule has 4 nitrogen and oxygen atoms in total. The predicted molar refractivity (Wildman–Crippen MR) is 66.3 cm³/mol. The second-order valence-electron chi connectivity index (χ2n) is 3.81. The number of aryl methyl sites for hydroxylation is 1. The van der Waals surface area contributed by atoms with Gasteiger partial charge < -0.3 is 9.72 Å². The number of ether oxygens (including phenoxy) is 1. The lowest BCUT2D eigenvalue weighted by molar-refractivity contribution is -0.0494. The number of halogens is 2. The van der Waals surface area contributed by atoms with Gasteiger partial charge in [0, 0.05) is 11.8 Å². The van der Waals surface area contributed by atoms with Crippen LogP contribution in [0, 0.1) is 0 Å². The van der Waals surface area contributed by atoms with Crippen LogP contribution < -0.4 is 10.3 Å². The number of aromatic amines is 1. The van der Waals surface area contributed by atoms with Gasteiger partial charge in [-0.05, 0) is 18.6 Å². The maximum absolute atomic E-state index is 12.3. The van der Waals surface area contributed by atoms with Crippen molar-refractivity contribution < 1.29 is 13.5 Å². The van der Waals surface area contributed by atoms with Crippen LogP contribution in [0.4, 0.5) is 8.78 Å². The molecule has 0 saturated carbocycles. The Balaban J connectivity index is 2.52. The first-order chi connectivity index (χ1) is 9.10. The van der Waals surface area contributed by atoms with E-state index in [0.717, 1.165) is 0 Å². The third-order valence-corrected chi connectivity index (χ3v) is 2.52. The molecule has 0 unspecified atom stereocenters. The molecule has 0 aliphatic carbocycles. The van der Waals surface area contributed by atoms with Gasteiger partial charge in [-0.25, -0.2) is 4.98 Å². The first-order valence-electron chi connectivity index (χ1n) is 5.74. The Morgan fingerprint density at radius 1 is 1.37 bits per heavy atom. The molecule has 0 amide bonds. The Hall–Kier alpha value is -2.24. The van der Waals surface area contributed by atoms with Crippen molar-refractivity contribution in [2.75, 3.05) is 0 Å². The average molecular weight is 266 g/mol. The third kappa shape index (κ3) is 3.15. The maximum Gasteiger partial charge on any atom is 0.387 e. The Morgan fingerprint density at radius 2 is 2.11 bits per heavy atom. The monoisotopic (exact) mass is 266 g/mol. The molecule has 0 fully saturated rings. The molecule has 2 rings (SSSR count). The molecule has 0 atom stereocenters. The second-order valence-corrected chi connectivity index (χ2v) is 3.81. The summed E-state index contributed by atoms with van der Waals surface area (Å²) in [6.07, 6.45) is 0.578. The summed E-state index contributed by atoms with van der Waals surface area (Å²) in [6, 6.07) is 7.57. The minimum Gasteiger partial charge on any atom is -0.434 e. The van der Waals surface area contributed by atoms with Crippen LogP contribution in [0.3, 0.4) is 0 Å². The molecule has 0 saturated heterocycles. The molecule has 0 spiro atoms. The van der Waals surface area contributed by atoms with Crippen molar-refractivity contribution in [1.82, 2.24) is 9.97 Å². The highest BCUT2D eigenvalue weighted by atomic mass is 19.3. The number of H-pyrrole nitrogens is 1. The Labute approximate surface area is 108 Å². The number of nitrogens with zero attached hydrogens (tertiary/aromatic N) is 1. The van der Waals surface area contributed by atoms with E-state index in [2.05, 4.69) is 14.7 Å². The number of rotatable bonds is 4. The van der Waals surface area contributed by atoms with Crippen LogP contribution in [0.25, 0.3) is 11.4 Å². The fraction of sp³-hybridized carbons (Fsp3) is 0.231. The van der Waals surface area contributed by atoms with Crippen molar-refractivity contribution in [2.45, 2.75) is 20.0 Å². The van der Waals surface area contributed by atoms with Gasteiger partial charge in [-0.1, -0.05) is 19.1 Å². The summed E-state index contributed by atoms with van der Waals surface area (Å²) in [4.78, 5) is 18.2. The lowest BCUT2D eigenvalue weighted by atomic mass is 10.2. The molecular weight excluding hydrogens is 254 g/mol. The number of hydrogen-bond acceptors (Lipinski definition) is 3. The summed E-state index contributed by atoms with van der Waals surface area (Å²) in [5.41, 5.74) is 0.592. The zero-order chi connectivity index (χ0) is 13.8. The Bertz CT molecular complexity index is 626. The minimum atomic E-state index is -2.93. The number of aromatic nitrogens is 2. The van der Waals surface area contributed by atoms with E-state index in [1.165, 1.54) is 12.1 Å². The number of hydrogen-bond donors (Lipinski definition) is 1. The molecule has 1 N–H and O–H groups in total. The summed E-state index contributed by atoms with van der Waals surface area (Å²) >= 11 is 0. The molecule has 0 radical (unpaired) electrons. The molecule has 0 bridgehead atoms. The van der Waals surface area contributed by atoms with Crippen LogP contribution in [-0.4, -0.2) is 16.6 Å². The molecule has 19 heavy (non-hydrogen) atoms. The zero-order valence-electron chi connectivity index (χ0n) is 10.2. The van der Waals surface area contributed by atoms with Crippen molar-refractivity contribution in [3.63, 3.8) is 0 Å². The van der Waals surface area contributed by atoms with E-state index >= 15 is 0 Å². The average Bonchev–Trinajstić information content (AvgIpc) is 2.38. The van der Waals surface area contributed by atoms with E-state index < -0.39 is 6.61 Å². The van der Waals surface area contributed by atoms with Gasteiger partial charge in [-0.15, -0.1) is 0 Å². The molecular formula is C13H12F2N2O2. The molecule has 1 heterocycles. The van der Waals surface area contributed by atoms with Crippen LogP contribution in [0.15, 0.2) is 35.1 Å². The molecule has 100 valence electrons. The summed E-state index contributed by atoms with van der Waals surface area (Å²) in [7, 11) is 0. The first kappa shape index (κ1) is 13.2. The van der Waals surface area contributed by atoms with Crippen LogP contribution in [0.5, 0.6) is 5.75 Å². The quantitative estimate of drug-likeness (QED) is 0.925. The highest BCUT2D eigenvalue weighted by Crippen LogP contribution is 2.27. The van der Waals surface area contributed by atoms with E-state index in [9.17, 15) is 13.6 Å². The highest BCUT2D eigenvalue weighted by molar-refractivity contribution is 5.63. The maximum atomic E-state index is 12.3. The van der Waals surface area contributed by atoms with E-state index in [4.69, 9.17) is 0 Å². The fourth-order valence-corrected chi connectivity index (χ4v) is 1.68. The predicted octanol–water partition coefficient (Wildman–Crippen LogP) is 2.60. The van der Waals surface area contributed by atoms with Gasteiger partial charge in [0.05, 0.1) is 5.56 Å². The smallest absolute Gasteiger partial charge is 0.387 e. The van der Waals surface area contributed by atoms with Gasteiger partial charge in [0.25, 0.3) is 5.56 Å². The summed E-state index contributed by atoms with van der Waals surface area (Å²) < 4.78 is 29.1. The van der Waals surface area contributed by atoms with E-state index in [1.54, 1.807) is 18.2 Å². The SMILES string of the molecule is CCc1cc(=O)[nH]c(-c2ccccc2OC(F)F)n1. The van der Waals surface area contributed by atoms with Crippen LogP contribution in [0.1, 0.15) is 12.6 Å². The molecule has 6 heteroatoms. The minimum absolute atomic E-state index is 0.0195. The largest absolute Gasteiger partial charge is 0.434 e. The van der Waals surface area contributed by atoms with Crippen molar-refractivity contribution >= 4 is 0 Å². The van der Waals surface area contributed by atoms with Crippen molar-refractivity contribution in [2.24, 2.45) is 0 Å². The fourth-order valence-electron chi connectivity index (χ4n) is 1.68. The van der Waals surface area contributed by atoms with Gasteiger partial charge in [-0.2, -0.15) is 8.78 Å². The van der Waals surface area contributed by atoms with E-state index in [0.29, 0.717) is 17.7 Å². The van der Waals surface area contributed by atoms with Gasteiger partial charge in [0.15, 0.2) is 0 Å². The van der Waals surface area contributed by atoms with Gasteiger partial charge in [-0.3, -0.25) is 4.79 Å². The van der Waals surface area contributed by atoms with Crippen molar-refractivity contribution in [1.29, 1.82) is 0 Å². The third-order valence-electron chi connectivity index (χ3n) is 2.52. The molecule has 1 aromatic carbocycles. The lowest BCUT2D eigenvalue weighted by Gasteiger charge is -2.10. The van der Waals surface area contributed by atoms with Crippen LogP contribution >= 0.6 is 0 Å². The molecule has 0 aliphatic heterocycles. The summed E-state index contributed by atoms with van der Waals surface area (Å²) in [6.45, 7) is -1.07. The van der Waals surface area contributed by atoms with Crippen molar-refractivity contribution in [3.8, 4) is 17.1 Å². The van der Waals surface area contributed by atoms with Crippen LogP contribution in [-0.2, 0) is 6.42 Å². The first-order valence-corrected chi connectivity index (χ1v) is 5.74. The lowest BCUT2D eigenvalue weighted by Crippen LogP contribution is -2.11. The summed E-state index contributed by atoms with van der Waals surface area (Å²) in [5.74, 6) is 0.203. The number of alkyl halides is 2. The van der Waals surface area contributed by atoms with Crippen molar-refractivity contribution in [3.05, 3.63) is 46.4 Å². The zero-order valence-corrected chi connectivity index (χ0v) is 10.2. The molecule has 1 aromatic heterocycles. The van der Waals surface area contributed by atoms with Crippen LogP contribution in [0.2, 0.25) is 0 Å². The normalized spacial score (nSPS) is 10.7. The molecule has 2 aromatic rings.